The predicted octanol–water partition coefficient (Wildman–Crippen LogP) is 2.97. The van der Waals surface area contributed by atoms with Crippen LogP contribution < -0.4 is 5.32 Å². The quantitative estimate of drug-likeness (QED) is 0.797. The van der Waals surface area contributed by atoms with E-state index in [0.717, 1.165) is 37.7 Å². The molecule has 1 unspecified atom stereocenters. The van der Waals surface area contributed by atoms with E-state index in [1.807, 2.05) is 30.3 Å². The van der Waals surface area contributed by atoms with Crippen molar-refractivity contribution in [2.45, 2.75) is 38.7 Å². The number of rotatable bonds is 7. The Kier molecular flexibility index (Phi) is 6.72. The van der Waals surface area contributed by atoms with Gasteiger partial charge in [0.15, 0.2) is 0 Å². The molecule has 1 aromatic rings. The van der Waals surface area contributed by atoms with E-state index in [9.17, 15) is 9.59 Å². The van der Waals surface area contributed by atoms with Gasteiger partial charge in [-0.2, -0.15) is 0 Å². The summed E-state index contributed by atoms with van der Waals surface area (Å²) in [6, 6.07) is 9.69. The van der Waals surface area contributed by atoms with Gasteiger partial charge in [-0.3, -0.25) is 4.79 Å². The Morgan fingerprint density at radius 1 is 1.22 bits per heavy atom. The molecule has 0 bridgehead atoms. The highest BCUT2D eigenvalue weighted by atomic mass is 16.6. The number of ether oxygens (including phenoxy) is 2. The molecule has 148 valence electrons. The Morgan fingerprint density at radius 3 is 2.67 bits per heavy atom. The Bertz CT molecular complexity index is 630. The average molecular weight is 374 g/mol. The van der Waals surface area contributed by atoms with E-state index in [1.54, 1.807) is 12.0 Å². The summed E-state index contributed by atoms with van der Waals surface area (Å²) in [5.41, 5.74) is 0.646. The fourth-order valence-electron chi connectivity index (χ4n) is 3.95. The molecule has 2 fully saturated rings. The van der Waals surface area contributed by atoms with Gasteiger partial charge in [0.25, 0.3) is 0 Å². The molecule has 1 saturated carbocycles. The summed E-state index contributed by atoms with van der Waals surface area (Å²) in [6.07, 6.45) is 4.56. The molecule has 1 aliphatic heterocycles. The van der Waals surface area contributed by atoms with Gasteiger partial charge in [0.05, 0.1) is 12.0 Å². The normalized spacial score (nSPS) is 21.2. The van der Waals surface area contributed by atoms with Crippen LogP contribution in [0.25, 0.3) is 0 Å². The predicted molar refractivity (Wildman–Crippen MR) is 102 cm³/mol. The first kappa shape index (κ1) is 19.7. The highest BCUT2D eigenvalue weighted by Gasteiger charge is 2.44. The molecule has 0 aromatic heterocycles. The topological polar surface area (TPSA) is 67.9 Å². The molecule has 6 heteroatoms. The van der Waals surface area contributed by atoms with Gasteiger partial charge in [0, 0.05) is 26.7 Å². The third-order valence-corrected chi connectivity index (χ3v) is 5.75. The molecule has 27 heavy (non-hydrogen) atoms. The standard InChI is InChI=1S/C21H30N2O4/c1-26-16-21(10-6-11-21)19(24)22-13-18-9-5-12-23(14-18)20(25)27-15-17-7-3-2-4-8-17/h2-4,7-8,18H,5-6,9-16H2,1H3,(H,22,24). The van der Waals surface area contributed by atoms with Crippen LogP contribution in [0.5, 0.6) is 0 Å². The third kappa shape index (κ3) is 5.01. The lowest BCUT2D eigenvalue weighted by molar-refractivity contribution is -0.140. The first-order chi connectivity index (χ1) is 13.1. The summed E-state index contributed by atoms with van der Waals surface area (Å²) in [5, 5.41) is 3.10. The van der Waals surface area contributed by atoms with Gasteiger partial charge in [-0.05, 0) is 37.2 Å². The summed E-state index contributed by atoms with van der Waals surface area (Å²) < 4.78 is 10.7. The number of nitrogens with one attached hydrogen (secondary N) is 1. The van der Waals surface area contributed by atoms with Gasteiger partial charge in [0.2, 0.25) is 5.91 Å². The zero-order valence-corrected chi connectivity index (χ0v) is 16.1. The summed E-state index contributed by atoms with van der Waals surface area (Å²) in [7, 11) is 1.65. The van der Waals surface area contributed by atoms with Crippen LogP contribution in [-0.4, -0.2) is 50.3 Å². The minimum absolute atomic E-state index is 0.0966. The van der Waals surface area contributed by atoms with Gasteiger partial charge < -0.3 is 19.7 Å². The molecule has 1 N–H and O–H groups in total. The Hall–Kier alpha value is -2.08. The second-order valence-electron chi connectivity index (χ2n) is 7.77. The maximum atomic E-state index is 12.6. The zero-order valence-electron chi connectivity index (χ0n) is 16.1. The fourth-order valence-corrected chi connectivity index (χ4v) is 3.95. The second-order valence-corrected chi connectivity index (χ2v) is 7.77. The minimum atomic E-state index is -0.336. The first-order valence-electron chi connectivity index (χ1n) is 9.86. The van der Waals surface area contributed by atoms with Crippen LogP contribution >= 0.6 is 0 Å². The Morgan fingerprint density at radius 2 is 2.00 bits per heavy atom. The highest BCUT2D eigenvalue weighted by molar-refractivity contribution is 5.83. The second kappa shape index (κ2) is 9.22. The van der Waals surface area contributed by atoms with Gasteiger partial charge >= 0.3 is 6.09 Å². The monoisotopic (exact) mass is 374 g/mol. The number of likely N-dealkylation sites (tertiary alicyclic amines) is 1. The van der Waals surface area contributed by atoms with Crippen molar-refractivity contribution in [2.24, 2.45) is 11.3 Å². The van der Waals surface area contributed by atoms with Crippen molar-refractivity contribution in [3.63, 3.8) is 0 Å². The van der Waals surface area contributed by atoms with Crippen LogP contribution in [0, 0.1) is 11.3 Å². The lowest BCUT2D eigenvalue weighted by Gasteiger charge is -2.40. The van der Waals surface area contributed by atoms with E-state index in [4.69, 9.17) is 9.47 Å². The van der Waals surface area contributed by atoms with Crippen LogP contribution in [0.4, 0.5) is 4.79 Å². The number of methoxy groups -OCH3 is 1. The number of nitrogens with zero attached hydrogens (tertiary/aromatic N) is 1. The van der Waals surface area contributed by atoms with E-state index >= 15 is 0 Å². The summed E-state index contributed by atoms with van der Waals surface area (Å²) in [5.74, 6) is 0.367. The Balaban J connectivity index is 1.43. The number of benzene rings is 1. The van der Waals surface area contributed by atoms with E-state index in [0.29, 0.717) is 26.2 Å². The number of amides is 2. The minimum Gasteiger partial charge on any atom is -0.445 e. The van der Waals surface area contributed by atoms with E-state index in [1.165, 1.54) is 0 Å². The highest BCUT2D eigenvalue weighted by Crippen LogP contribution is 2.41. The van der Waals surface area contributed by atoms with Crippen LogP contribution in [0.1, 0.15) is 37.7 Å². The number of hydrogen-bond acceptors (Lipinski definition) is 4. The molecule has 1 heterocycles. The number of hydrogen-bond donors (Lipinski definition) is 1. The molecular formula is C21H30N2O4. The van der Waals surface area contributed by atoms with E-state index < -0.39 is 0 Å². The van der Waals surface area contributed by atoms with Crippen molar-refractivity contribution in [2.75, 3.05) is 33.4 Å². The molecule has 0 spiro atoms. The van der Waals surface area contributed by atoms with Crippen molar-refractivity contribution < 1.29 is 19.1 Å². The van der Waals surface area contributed by atoms with Gasteiger partial charge in [-0.15, -0.1) is 0 Å². The van der Waals surface area contributed by atoms with Crippen LogP contribution in [0.2, 0.25) is 0 Å². The molecule has 1 atom stereocenters. The summed E-state index contributed by atoms with van der Waals surface area (Å²) in [6.45, 7) is 2.72. The van der Waals surface area contributed by atoms with E-state index in [2.05, 4.69) is 5.32 Å². The molecule has 1 aromatic carbocycles. The van der Waals surface area contributed by atoms with Gasteiger partial charge in [0.1, 0.15) is 6.61 Å². The number of piperidine rings is 1. The fraction of sp³-hybridized carbons (Fsp3) is 0.619. The smallest absolute Gasteiger partial charge is 0.410 e. The maximum absolute atomic E-state index is 12.6. The number of carbonyl (C=O) groups is 2. The van der Waals surface area contributed by atoms with Gasteiger partial charge in [-0.25, -0.2) is 4.79 Å². The molecule has 6 nitrogen and oxygen atoms in total. The van der Waals surface area contributed by atoms with Crippen LogP contribution in [0.15, 0.2) is 30.3 Å². The van der Waals surface area contributed by atoms with Gasteiger partial charge in [-0.1, -0.05) is 36.8 Å². The summed E-state index contributed by atoms with van der Waals surface area (Å²) in [4.78, 5) is 26.7. The van der Waals surface area contributed by atoms with Crippen LogP contribution in [-0.2, 0) is 20.9 Å². The molecule has 2 amide bonds. The molecule has 2 aliphatic rings. The lowest BCUT2D eigenvalue weighted by atomic mass is 9.68. The van der Waals surface area contributed by atoms with Crippen molar-refractivity contribution in [1.82, 2.24) is 10.2 Å². The SMILES string of the molecule is COCC1(C(=O)NCC2CCCN(C(=O)OCc3ccccc3)C2)CCC1. The van der Waals surface area contributed by atoms with Crippen molar-refractivity contribution >= 4 is 12.0 Å². The summed E-state index contributed by atoms with van der Waals surface area (Å²) >= 11 is 0. The average Bonchev–Trinajstić information content (AvgIpc) is 2.68. The van der Waals surface area contributed by atoms with Crippen molar-refractivity contribution in [3.8, 4) is 0 Å². The molecule has 3 rings (SSSR count). The molecule has 1 saturated heterocycles. The largest absolute Gasteiger partial charge is 0.445 e. The first-order valence-corrected chi connectivity index (χ1v) is 9.86. The van der Waals surface area contributed by atoms with Crippen molar-refractivity contribution in [1.29, 1.82) is 0 Å². The van der Waals surface area contributed by atoms with E-state index in [-0.39, 0.29) is 29.9 Å². The molecule has 1 aliphatic carbocycles. The zero-order chi connectivity index (χ0) is 19.1. The third-order valence-electron chi connectivity index (χ3n) is 5.75. The van der Waals surface area contributed by atoms with Crippen LogP contribution in [0.3, 0.4) is 0 Å². The maximum Gasteiger partial charge on any atom is 0.410 e. The Labute approximate surface area is 161 Å². The molecular weight excluding hydrogens is 344 g/mol. The lowest BCUT2D eigenvalue weighted by Crippen LogP contribution is -2.51. The number of carbonyl (C=O) groups excluding carboxylic acids is 2. The van der Waals surface area contributed by atoms with Crippen molar-refractivity contribution in [3.05, 3.63) is 35.9 Å². The molecule has 0 radical (unpaired) electrons.